The van der Waals surface area contributed by atoms with Crippen molar-refractivity contribution in [2.75, 3.05) is 20.3 Å². The minimum absolute atomic E-state index is 0.0323. The van der Waals surface area contributed by atoms with Gasteiger partial charge in [0.25, 0.3) is 5.69 Å². The van der Waals surface area contributed by atoms with Crippen molar-refractivity contribution in [3.8, 4) is 11.5 Å². The maximum Gasteiger partial charge on any atom is 0.309 e. The Balaban J connectivity index is 2.03. The van der Waals surface area contributed by atoms with Crippen LogP contribution in [0, 0.1) is 22.0 Å². The smallest absolute Gasteiger partial charge is 0.309 e. The number of rotatable bonds is 17. The van der Waals surface area contributed by atoms with Crippen molar-refractivity contribution in [1.29, 1.82) is 0 Å². The summed E-state index contributed by atoms with van der Waals surface area (Å²) in [6, 6.07) is -0.683. The van der Waals surface area contributed by atoms with Gasteiger partial charge in [-0.25, -0.2) is 0 Å². The summed E-state index contributed by atoms with van der Waals surface area (Å²) in [6.45, 7) is 3.23. The number of nitro benzene ring substituents is 1. The summed E-state index contributed by atoms with van der Waals surface area (Å²) >= 11 is 0. The maximum absolute atomic E-state index is 12.6. The number of carboxylic acid groups (broad SMARTS) is 2. The lowest BCUT2D eigenvalue weighted by molar-refractivity contribution is -0.386. The average Bonchev–Trinajstić information content (AvgIpc) is 2.92. The summed E-state index contributed by atoms with van der Waals surface area (Å²) in [6.07, 6.45) is 2.18. The molecule has 0 bridgehead atoms. The summed E-state index contributed by atoms with van der Waals surface area (Å²) in [5, 5.41) is 33.2. The normalized spacial score (nSPS) is 18.8. The quantitative estimate of drug-likeness (QED) is 0.0989. The van der Waals surface area contributed by atoms with Gasteiger partial charge in [-0.05, 0) is 45.6 Å². The highest BCUT2D eigenvalue weighted by molar-refractivity contribution is 5.79. The standard InChI is InChI=1S/C26H40N4O11/c1-14(25(32)33)24(23(28)22(15(2)27)26(34)35)29-20(31)7-6-10-39-19-12-17(30(36)37)16(11-18(19)38-3)13-41-21-8-4-5-9-40-21/h11-12,14-15,21-24H,4-10,13,27-28H2,1-3H3,(H,29,31)(H,32,33)(H,34,35). The number of carbonyl (C=O) groups excluding carboxylic acids is 1. The van der Waals surface area contributed by atoms with Gasteiger partial charge in [0.15, 0.2) is 17.8 Å². The first-order valence-corrected chi connectivity index (χ1v) is 13.3. The molecule has 6 atom stereocenters. The van der Waals surface area contributed by atoms with Crippen molar-refractivity contribution >= 4 is 23.5 Å². The van der Waals surface area contributed by atoms with Gasteiger partial charge < -0.3 is 45.9 Å². The molecule has 1 aliphatic heterocycles. The monoisotopic (exact) mass is 584 g/mol. The third-order valence-corrected chi connectivity index (χ3v) is 6.87. The fourth-order valence-electron chi connectivity index (χ4n) is 4.52. The van der Waals surface area contributed by atoms with Gasteiger partial charge in [-0.3, -0.25) is 24.5 Å². The molecule has 41 heavy (non-hydrogen) atoms. The number of carbonyl (C=O) groups is 3. The molecule has 0 spiro atoms. The Kier molecular flexibility index (Phi) is 13.2. The molecule has 1 aromatic rings. The van der Waals surface area contributed by atoms with Gasteiger partial charge in [0.2, 0.25) is 5.91 Å². The Morgan fingerprint density at radius 2 is 1.88 bits per heavy atom. The van der Waals surface area contributed by atoms with E-state index in [9.17, 15) is 34.7 Å². The highest BCUT2D eigenvalue weighted by Crippen LogP contribution is 2.35. The van der Waals surface area contributed by atoms with Crippen molar-refractivity contribution in [3.05, 3.63) is 27.8 Å². The third kappa shape index (κ3) is 9.81. The molecule has 1 aliphatic rings. The molecule has 7 N–H and O–H groups in total. The van der Waals surface area contributed by atoms with Crippen molar-refractivity contribution in [2.45, 2.75) is 77.0 Å². The van der Waals surface area contributed by atoms with E-state index in [2.05, 4.69) is 5.32 Å². The van der Waals surface area contributed by atoms with Crippen LogP contribution in [-0.4, -0.2) is 77.7 Å². The first-order chi connectivity index (χ1) is 19.4. The first kappa shape index (κ1) is 33.7. The Bertz CT molecular complexity index is 1060. The number of benzene rings is 1. The average molecular weight is 585 g/mol. The molecule has 2 rings (SSSR count). The molecule has 1 aromatic carbocycles. The number of aliphatic carboxylic acids is 2. The van der Waals surface area contributed by atoms with E-state index in [0.29, 0.717) is 13.0 Å². The lowest BCUT2D eigenvalue weighted by Crippen LogP contribution is -2.60. The minimum Gasteiger partial charge on any atom is -0.493 e. The molecular weight excluding hydrogens is 544 g/mol. The predicted octanol–water partition coefficient (Wildman–Crippen LogP) is 1.39. The van der Waals surface area contributed by atoms with Crippen LogP contribution in [0.25, 0.3) is 0 Å². The second kappa shape index (κ2) is 16.0. The van der Waals surface area contributed by atoms with Crippen LogP contribution < -0.4 is 26.3 Å². The number of carboxylic acids is 2. The Morgan fingerprint density at radius 3 is 2.41 bits per heavy atom. The molecule has 0 saturated carbocycles. The molecule has 15 nitrogen and oxygen atoms in total. The summed E-state index contributed by atoms with van der Waals surface area (Å²) in [4.78, 5) is 47.1. The number of hydrogen-bond acceptors (Lipinski definition) is 11. The van der Waals surface area contributed by atoms with Crippen molar-refractivity contribution < 1.29 is 48.5 Å². The fourth-order valence-corrected chi connectivity index (χ4v) is 4.52. The maximum atomic E-state index is 12.6. The van der Waals surface area contributed by atoms with E-state index in [1.165, 1.54) is 33.1 Å². The van der Waals surface area contributed by atoms with Crippen molar-refractivity contribution in [3.63, 3.8) is 0 Å². The molecule has 0 aromatic heterocycles. The summed E-state index contributed by atoms with van der Waals surface area (Å²) in [7, 11) is 1.38. The number of ether oxygens (including phenoxy) is 4. The van der Waals surface area contributed by atoms with Crippen molar-refractivity contribution in [1.82, 2.24) is 5.32 Å². The van der Waals surface area contributed by atoms with Crippen LogP contribution in [0.5, 0.6) is 11.5 Å². The molecule has 0 radical (unpaired) electrons. The van der Waals surface area contributed by atoms with E-state index in [-0.39, 0.29) is 48.8 Å². The number of hydrogen-bond donors (Lipinski definition) is 5. The van der Waals surface area contributed by atoms with Gasteiger partial charge in [-0.1, -0.05) is 0 Å². The van der Waals surface area contributed by atoms with Crippen LogP contribution in [0.2, 0.25) is 0 Å². The summed E-state index contributed by atoms with van der Waals surface area (Å²) in [5.74, 6) is -5.30. The van der Waals surface area contributed by atoms with Crippen LogP contribution in [0.3, 0.4) is 0 Å². The van der Waals surface area contributed by atoms with Crippen LogP contribution in [0.4, 0.5) is 5.69 Å². The molecule has 1 fully saturated rings. The number of methoxy groups -OCH3 is 1. The highest BCUT2D eigenvalue weighted by Gasteiger charge is 2.39. The number of nitrogens with zero attached hydrogens (tertiary/aromatic N) is 1. The lowest BCUT2D eigenvalue weighted by atomic mass is 9.83. The SMILES string of the molecule is COc1cc(COC2CCCCO2)c([N+](=O)[O-])cc1OCCCC(=O)NC(C(C)C(=O)O)C(N)C(C(=O)O)C(C)N. The molecule has 6 unspecified atom stereocenters. The Morgan fingerprint density at radius 1 is 1.17 bits per heavy atom. The van der Waals surface area contributed by atoms with E-state index < -0.39 is 59.0 Å². The van der Waals surface area contributed by atoms with Gasteiger partial charge in [-0.15, -0.1) is 0 Å². The van der Waals surface area contributed by atoms with Gasteiger partial charge in [0.1, 0.15) is 0 Å². The molecule has 0 aliphatic carbocycles. The number of nitrogens with two attached hydrogens (primary N) is 2. The molecule has 1 saturated heterocycles. The Labute approximate surface area is 237 Å². The topological polar surface area (TPSA) is 236 Å². The largest absolute Gasteiger partial charge is 0.493 e. The molecule has 230 valence electrons. The fraction of sp³-hybridized carbons (Fsp3) is 0.654. The number of nitro groups is 1. The number of amides is 1. The third-order valence-electron chi connectivity index (χ3n) is 6.87. The van der Waals surface area contributed by atoms with Gasteiger partial charge in [0, 0.05) is 25.1 Å². The van der Waals surface area contributed by atoms with E-state index in [4.69, 9.17) is 30.4 Å². The number of nitrogens with one attached hydrogen (secondary N) is 1. The summed E-state index contributed by atoms with van der Waals surface area (Å²) in [5.41, 5.74) is 11.9. The predicted molar refractivity (Wildman–Crippen MR) is 144 cm³/mol. The van der Waals surface area contributed by atoms with Crippen LogP contribution in [-0.2, 0) is 30.5 Å². The van der Waals surface area contributed by atoms with E-state index in [1.807, 2.05) is 0 Å². The van der Waals surface area contributed by atoms with Crippen molar-refractivity contribution in [2.24, 2.45) is 23.3 Å². The van der Waals surface area contributed by atoms with Gasteiger partial charge >= 0.3 is 11.9 Å². The second-order valence-corrected chi connectivity index (χ2v) is 9.97. The van der Waals surface area contributed by atoms with E-state index >= 15 is 0 Å². The van der Waals surface area contributed by atoms with E-state index in [0.717, 1.165) is 12.8 Å². The minimum atomic E-state index is -1.30. The van der Waals surface area contributed by atoms with Gasteiger partial charge in [-0.2, -0.15) is 0 Å². The molecule has 15 heteroatoms. The molecule has 1 amide bonds. The molecule has 1 heterocycles. The molecular formula is C26H40N4O11. The van der Waals surface area contributed by atoms with E-state index in [1.54, 1.807) is 0 Å². The van der Waals surface area contributed by atoms with Crippen LogP contribution in [0.1, 0.15) is 51.5 Å². The summed E-state index contributed by atoms with van der Waals surface area (Å²) < 4.78 is 22.2. The highest BCUT2D eigenvalue weighted by atomic mass is 16.7. The van der Waals surface area contributed by atoms with Crippen LogP contribution in [0.15, 0.2) is 12.1 Å². The van der Waals surface area contributed by atoms with Crippen LogP contribution >= 0.6 is 0 Å². The Hall–Kier alpha value is -3.53. The first-order valence-electron chi connectivity index (χ1n) is 13.3. The zero-order valence-corrected chi connectivity index (χ0v) is 23.4. The van der Waals surface area contributed by atoms with Gasteiger partial charge in [0.05, 0.1) is 54.8 Å². The zero-order chi connectivity index (χ0) is 30.7. The second-order valence-electron chi connectivity index (χ2n) is 9.97. The zero-order valence-electron chi connectivity index (χ0n) is 23.4. The lowest BCUT2D eigenvalue weighted by Gasteiger charge is -2.33.